The van der Waals surface area contributed by atoms with Crippen molar-refractivity contribution in [1.29, 1.82) is 0 Å². The van der Waals surface area contributed by atoms with Crippen LogP contribution in [-0.2, 0) is 26.8 Å². The van der Waals surface area contributed by atoms with Gasteiger partial charge in [-0.05, 0) is 30.7 Å². The predicted molar refractivity (Wildman–Crippen MR) is 117 cm³/mol. The second-order valence-electron chi connectivity index (χ2n) is 7.14. The summed E-state index contributed by atoms with van der Waals surface area (Å²) in [6.07, 6.45) is 1.27. The summed E-state index contributed by atoms with van der Waals surface area (Å²) in [6, 6.07) is 18.2. The zero-order valence-electron chi connectivity index (χ0n) is 17.4. The Morgan fingerprint density at radius 3 is 2.45 bits per heavy atom. The first-order valence-corrected chi connectivity index (χ1v) is 11.7. The van der Waals surface area contributed by atoms with Gasteiger partial charge in [-0.1, -0.05) is 41.6 Å². The number of para-hydroxylation sites is 1. The van der Waals surface area contributed by atoms with Crippen LogP contribution in [0.25, 0.3) is 0 Å². The molecule has 0 aliphatic rings. The van der Waals surface area contributed by atoms with Gasteiger partial charge in [-0.25, -0.2) is 8.42 Å². The van der Waals surface area contributed by atoms with Gasteiger partial charge in [0.05, 0.1) is 4.90 Å². The minimum atomic E-state index is -3.54. The molecule has 1 aromatic heterocycles. The van der Waals surface area contributed by atoms with E-state index in [1.807, 2.05) is 37.4 Å². The lowest BCUT2D eigenvalue weighted by atomic mass is 10.2. The van der Waals surface area contributed by atoms with Crippen LogP contribution >= 0.6 is 0 Å². The van der Waals surface area contributed by atoms with E-state index in [4.69, 9.17) is 4.52 Å². The van der Waals surface area contributed by atoms with E-state index in [-0.39, 0.29) is 41.1 Å². The molecule has 0 saturated heterocycles. The van der Waals surface area contributed by atoms with E-state index in [1.165, 1.54) is 12.1 Å². The molecule has 3 aromatic rings. The number of anilines is 1. The number of hydrogen-bond acceptors (Lipinski definition) is 7. The zero-order valence-corrected chi connectivity index (χ0v) is 18.2. The van der Waals surface area contributed by atoms with E-state index in [0.29, 0.717) is 6.54 Å². The fourth-order valence-electron chi connectivity index (χ4n) is 3.00. The van der Waals surface area contributed by atoms with Gasteiger partial charge in [-0.2, -0.15) is 4.98 Å². The van der Waals surface area contributed by atoms with Gasteiger partial charge >= 0.3 is 0 Å². The van der Waals surface area contributed by atoms with Crippen LogP contribution in [0.3, 0.4) is 0 Å². The van der Waals surface area contributed by atoms with E-state index < -0.39 is 9.84 Å². The summed E-state index contributed by atoms with van der Waals surface area (Å²) in [5.74, 6) is -0.124. The molecule has 9 heteroatoms. The number of aryl methyl sites for hydroxylation is 1. The standard InChI is InChI=1S/C22H26N4O4S/c1-26(18-9-4-2-5-10-18)16-8-15-23-21(27)13-14-22-24-20(25-30-22)17-31(28,29)19-11-6-3-7-12-19/h2-7,9-12H,8,13-17H2,1H3,(H,23,27). The molecule has 1 amide bonds. The number of amides is 1. The highest BCUT2D eigenvalue weighted by atomic mass is 32.2. The molecule has 31 heavy (non-hydrogen) atoms. The Hall–Kier alpha value is -3.20. The summed E-state index contributed by atoms with van der Waals surface area (Å²) >= 11 is 0. The molecule has 1 heterocycles. The van der Waals surface area contributed by atoms with Gasteiger partial charge in [-0.3, -0.25) is 4.79 Å². The van der Waals surface area contributed by atoms with E-state index in [9.17, 15) is 13.2 Å². The minimum absolute atomic E-state index is 0.0863. The lowest BCUT2D eigenvalue weighted by Crippen LogP contribution is -2.28. The van der Waals surface area contributed by atoms with Crippen molar-refractivity contribution in [2.45, 2.75) is 29.9 Å². The highest BCUT2D eigenvalue weighted by molar-refractivity contribution is 7.90. The summed E-state index contributed by atoms with van der Waals surface area (Å²) in [5, 5.41) is 6.60. The monoisotopic (exact) mass is 442 g/mol. The smallest absolute Gasteiger partial charge is 0.227 e. The van der Waals surface area contributed by atoms with Crippen LogP contribution in [0.5, 0.6) is 0 Å². The Balaban J connectivity index is 1.38. The average Bonchev–Trinajstić information content (AvgIpc) is 3.23. The molecular weight excluding hydrogens is 416 g/mol. The lowest BCUT2D eigenvalue weighted by Gasteiger charge is -2.19. The molecule has 0 spiro atoms. The van der Waals surface area contributed by atoms with E-state index >= 15 is 0 Å². The summed E-state index contributed by atoms with van der Waals surface area (Å²) < 4.78 is 29.8. The maximum atomic E-state index is 12.4. The first-order chi connectivity index (χ1) is 14.9. The highest BCUT2D eigenvalue weighted by Gasteiger charge is 2.19. The van der Waals surface area contributed by atoms with E-state index in [1.54, 1.807) is 18.2 Å². The molecule has 0 radical (unpaired) electrons. The van der Waals surface area contributed by atoms with Gasteiger partial charge in [-0.15, -0.1) is 0 Å². The molecule has 2 aromatic carbocycles. The number of aromatic nitrogens is 2. The van der Waals surface area contributed by atoms with Crippen molar-refractivity contribution in [3.8, 4) is 0 Å². The number of nitrogens with one attached hydrogen (secondary N) is 1. The molecule has 0 atom stereocenters. The van der Waals surface area contributed by atoms with Gasteiger partial charge in [0.2, 0.25) is 11.8 Å². The maximum Gasteiger partial charge on any atom is 0.227 e. The first kappa shape index (κ1) is 22.5. The van der Waals surface area contributed by atoms with Crippen LogP contribution in [0.15, 0.2) is 70.1 Å². The third kappa shape index (κ3) is 6.92. The molecule has 0 aliphatic heterocycles. The van der Waals surface area contributed by atoms with E-state index in [2.05, 4.69) is 20.4 Å². The molecule has 3 rings (SSSR count). The zero-order chi connectivity index (χ0) is 22.1. The van der Waals surface area contributed by atoms with Crippen LogP contribution < -0.4 is 10.2 Å². The Morgan fingerprint density at radius 2 is 1.74 bits per heavy atom. The quantitative estimate of drug-likeness (QED) is 0.455. The van der Waals surface area contributed by atoms with Gasteiger partial charge in [0.25, 0.3) is 0 Å². The minimum Gasteiger partial charge on any atom is -0.375 e. The van der Waals surface area contributed by atoms with Gasteiger partial charge in [0.15, 0.2) is 15.7 Å². The van der Waals surface area contributed by atoms with Crippen LogP contribution in [0, 0.1) is 0 Å². The highest BCUT2D eigenvalue weighted by Crippen LogP contribution is 2.15. The molecule has 1 N–H and O–H groups in total. The lowest BCUT2D eigenvalue weighted by molar-refractivity contribution is -0.121. The van der Waals surface area contributed by atoms with Crippen molar-refractivity contribution in [3.05, 3.63) is 72.4 Å². The molecule has 8 nitrogen and oxygen atoms in total. The van der Waals surface area contributed by atoms with Crippen molar-refractivity contribution >= 4 is 21.4 Å². The molecular formula is C22H26N4O4S. The third-order valence-electron chi connectivity index (χ3n) is 4.69. The van der Waals surface area contributed by atoms with Gasteiger partial charge < -0.3 is 14.7 Å². The second-order valence-corrected chi connectivity index (χ2v) is 9.13. The van der Waals surface area contributed by atoms with Crippen molar-refractivity contribution < 1.29 is 17.7 Å². The van der Waals surface area contributed by atoms with Crippen molar-refractivity contribution in [1.82, 2.24) is 15.5 Å². The fraction of sp³-hybridized carbons (Fsp3) is 0.318. The topological polar surface area (TPSA) is 105 Å². The number of rotatable bonds is 11. The largest absolute Gasteiger partial charge is 0.375 e. The van der Waals surface area contributed by atoms with E-state index in [0.717, 1.165) is 18.7 Å². The second kappa shape index (κ2) is 10.7. The molecule has 0 saturated carbocycles. The molecule has 0 fully saturated rings. The summed E-state index contributed by atoms with van der Waals surface area (Å²) in [4.78, 5) is 18.5. The summed E-state index contributed by atoms with van der Waals surface area (Å²) in [5.41, 5.74) is 1.13. The Morgan fingerprint density at radius 1 is 1.06 bits per heavy atom. The van der Waals surface area contributed by atoms with Crippen molar-refractivity contribution in [3.63, 3.8) is 0 Å². The van der Waals surface area contributed by atoms with Crippen LogP contribution in [0.2, 0.25) is 0 Å². The number of nitrogens with zero attached hydrogens (tertiary/aromatic N) is 3. The molecule has 0 bridgehead atoms. The Bertz CT molecular complexity index is 1070. The number of sulfone groups is 1. The van der Waals surface area contributed by atoms with Gasteiger partial charge in [0, 0.05) is 38.7 Å². The SMILES string of the molecule is CN(CCCNC(=O)CCc1nc(CS(=O)(=O)c2ccccc2)no1)c1ccccc1. The van der Waals surface area contributed by atoms with Crippen LogP contribution in [-0.4, -0.2) is 44.6 Å². The van der Waals surface area contributed by atoms with Crippen molar-refractivity contribution in [2.75, 3.05) is 25.0 Å². The third-order valence-corrected chi connectivity index (χ3v) is 6.32. The maximum absolute atomic E-state index is 12.4. The summed E-state index contributed by atoms with van der Waals surface area (Å²) in [7, 11) is -1.53. The summed E-state index contributed by atoms with van der Waals surface area (Å²) in [6.45, 7) is 1.40. The number of carbonyl (C=O) groups excluding carboxylic acids is 1. The Kier molecular flexibility index (Phi) is 7.77. The normalized spacial score (nSPS) is 11.3. The molecule has 0 aliphatic carbocycles. The molecule has 0 unspecified atom stereocenters. The average molecular weight is 443 g/mol. The van der Waals surface area contributed by atoms with Crippen LogP contribution in [0.4, 0.5) is 5.69 Å². The van der Waals surface area contributed by atoms with Crippen LogP contribution in [0.1, 0.15) is 24.6 Å². The number of carbonyl (C=O) groups is 1. The van der Waals surface area contributed by atoms with Gasteiger partial charge in [0.1, 0.15) is 5.75 Å². The fourth-order valence-corrected chi connectivity index (χ4v) is 4.19. The number of benzene rings is 2. The number of hydrogen-bond donors (Lipinski definition) is 1. The molecule has 164 valence electrons. The predicted octanol–water partition coefficient (Wildman–Crippen LogP) is 2.62. The van der Waals surface area contributed by atoms with Crippen molar-refractivity contribution in [2.24, 2.45) is 0 Å². The Labute approximate surface area is 182 Å². The first-order valence-electron chi connectivity index (χ1n) is 10.1.